The van der Waals surface area contributed by atoms with E-state index in [1.54, 1.807) is 0 Å². The molecule has 2 fully saturated rings. The van der Waals surface area contributed by atoms with Crippen molar-refractivity contribution >= 4 is 20.0 Å². The average Bonchev–Trinajstić information content (AvgIpc) is 3.23. The van der Waals surface area contributed by atoms with Crippen LogP contribution in [0.15, 0.2) is 58.3 Å². The molecular formula is C26H36N2O6S2. The lowest BCUT2D eigenvalue weighted by molar-refractivity contribution is 0.0926. The van der Waals surface area contributed by atoms with Crippen molar-refractivity contribution in [1.82, 2.24) is 8.61 Å². The number of ether oxygens (including phenoxy) is 2. The van der Waals surface area contributed by atoms with E-state index in [4.69, 9.17) is 9.47 Å². The van der Waals surface area contributed by atoms with E-state index in [1.807, 2.05) is 31.2 Å². The lowest BCUT2D eigenvalue weighted by Gasteiger charge is -2.25. The second kappa shape index (κ2) is 12.0. The molecule has 1 unspecified atom stereocenters. The Morgan fingerprint density at radius 1 is 0.889 bits per heavy atom. The van der Waals surface area contributed by atoms with Crippen molar-refractivity contribution in [2.45, 2.75) is 67.9 Å². The van der Waals surface area contributed by atoms with Crippen molar-refractivity contribution < 1.29 is 26.3 Å². The van der Waals surface area contributed by atoms with Crippen molar-refractivity contribution in [3.05, 3.63) is 54.1 Å². The summed E-state index contributed by atoms with van der Waals surface area (Å²) in [6.45, 7) is 4.52. The molecule has 0 spiro atoms. The van der Waals surface area contributed by atoms with Crippen LogP contribution in [0.2, 0.25) is 0 Å². The van der Waals surface area contributed by atoms with E-state index in [0.717, 1.165) is 49.8 Å². The summed E-state index contributed by atoms with van der Waals surface area (Å²) < 4.78 is 67.8. The summed E-state index contributed by atoms with van der Waals surface area (Å²) in [5.74, 6) is 0.732. The zero-order chi connectivity index (χ0) is 25.6. The molecule has 2 aromatic rings. The summed E-state index contributed by atoms with van der Waals surface area (Å²) in [4.78, 5) is 0.196. The summed E-state index contributed by atoms with van der Waals surface area (Å²) in [5, 5.41) is 0. The zero-order valence-electron chi connectivity index (χ0n) is 20.8. The van der Waals surface area contributed by atoms with E-state index in [9.17, 15) is 16.8 Å². The van der Waals surface area contributed by atoms with Gasteiger partial charge in [0.1, 0.15) is 5.75 Å². The fourth-order valence-electron chi connectivity index (χ4n) is 4.69. The lowest BCUT2D eigenvalue weighted by Crippen LogP contribution is -2.37. The first-order valence-corrected chi connectivity index (χ1v) is 15.6. The van der Waals surface area contributed by atoms with Crippen LogP contribution in [-0.2, 0) is 31.3 Å². The molecule has 2 aliphatic rings. The molecule has 0 radical (unpaired) electrons. The van der Waals surface area contributed by atoms with Gasteiger partial charge in [-0.1, -0.05) is 25.0 Å². The normalized spacial score (nSPS) is 19.9. The second-order valence-corrected chi connectivity index (χ2v) is 13.2. The van der Waals surface area contributed by atoms with Crippen LogP contribution >= 0.6 is 0 Å². The Hall–Kier alpha value is -1.98. The van der Waals surface area contributed by atoms with Crippen LogP contribution in [0.1, 0.15) is 51.0 Å². The summed E-state index contributed by atoms with van der Waals surface area (Å²) in [5.41, 5.74) is 0.834. The van der Waals surface area contributed by atoms with Crippen LogP contribution in [0, 0.1) is 0 Å². The molecule has 0 aliphatic carbocycles. The number of hydrogen-bond acceptors (Lipinski definition) is 6. The summed E-state index contributed by atoms with van der Waals surface area (Å²) >= 11 is 0. The van der Waals surface area contributed by atoms with Gasteiger partial charge in [0.25, 0.3) is 0 Å². The molecule has 4 rings (SSSR count). The van der Waals surface area contributed by atoms with E-state index in [1.165, 1.54) is 32.9 Å². The van der Waals surface area contributed by atoms with Crippen LogP contribution in [0.4, 0.5) is 0 Å². The average molecular weight is 537 g/mol. The predicted octanol–water partition coefficient (Wildman–Crippen LogP) is 4.02. The maximum Gasteiger partial charge on any atom is 0.243 e. The number of hydrogen-bond donors (Lipinski definition) is 0. The largest absolute Gasteiger partial charge is 0.494 e. The SMILES string of the molecule is CCOc1ccc(CN(CC2CCCO2)S(=O)(=O)c2ccc(S(=O)(=O)N3CCCCCC3)cc2)cc1. The van der Waals surface area contributed by atoms with E-state index >= 15 is 0 Å². The van der Waals surface area contributed by atoms with E-state index < -0.39 is 20.0 Å². The van der Waals surface area contributed by atoms with Crippen LogP contribution < -0.4 is 4.74 Å². The fraction of sp³-hybridized carbons (Fsp3) is 0.538. The van der Waals surface area contributed by atoms with Gasteiger partial charge in [0, 0.05) is 32.8 Å². The van der Waals surface area contributed by atoms with Crippen molar-refractivity contribution in [3.63, 3.8) is 0 Å². The van der Waals surface area contributed by atoms with Gasteiger partial charge in [-0.3, -0.25) is 0 Å². The molecule has 2 saturated heterocycles. The van der Waals surface area contributed by atoms with Gasteiger partial charge in [0.2, 0.25) is 20.0 Å². The van der Waals surface area contributed by atoms with Crippen LogP contribution in [0.25, 0.3) is 0 Å². The maximum atomic E-state index is 13.7. The molecule has 2 aliphatic heterocycles. The number of rotatable bonds is 10. The predicted molar refractivity (Wildman–Crippen MR) is 138 cm³/mol. The molecule has 10 heteroatoms. The third-order valence-corrected chi connectivity index (χ3v) is 10.4. The molecule has 0 saturated carbocycles. The Labute approximate surface area is 215 Å². The molecule has 0 amide bonds. The maximum absolute atomic E-state index is 13.7. The van der Waals surface area contributed by atoms with Crippen molar-refractivity contribution in [3.8, 4) is 5.75 Å². The van der Waals surface area contributed by atoms with Crippen LogP contribution in [0.5, 0.6) is 5.75 Å². The van der Waals surface area contributed by atoms with Gasteiger partial charge >= 0.3 is 0 Å². The smallest absolute Gasteiger partial charge is 0.243 e. The fourth-order valence-corrected chi connectivity index (χ4v) is 7.67. The molecule has 0 N–H and O–H groups in total. The summed E-state index contributed by atoms with van der Waals surface area (Å²) in [6.07, 6.45) is 5.29. The molecule has 1 atom stereocenters. The minimum Gasteiger partial charge on any atom is -0.494 e. The zero-order valence-corrected chi connectivity index (χ0v) is 22.5. The van der Waals surface area contributed by atoms with E-state index in [2.05, 4.69) is 0 Å². The van der Waals surface area contributed by atoms with Gasteiger partial charge < -0.3 is 9.47 Å². The minimum absolute atomic E-state index is 0.0706. The van der Waals surface area contributed by atoms with Gasteiger partial charge in [-0.05, 0) is 74.6 Å². The summed E-state index contributed by atoms with van der Waals surface area (Å²) in [7, 11) is -7.54. The molecule has 0 aromatic heterocycles. The first-order valence-electron chi connectivity index (χ1n) is 12.7. The standard InChI is InChI=1S/C26H36N2O6S2/c1-2-33-23-11-9-22(10-12-23)20-28(21-24-8-7-19-34-24)36(31,32)26-15-13-25(14-16-26)35(29,30)27-17-5-3-4-6-18-27/h9-16,24H,2-8,17-21H2,1H3. The summed E-state index contributed by atoms with van der Waals surface area (Å²) in [6, 6.07) is 13.0. The van der Waals surface area contributed by atoms with Crippen molar-refractivity contribution in [2.24, 2.45) is 0 Å². The van der Waals surface area contributed by atoms with E-state index in [-0.39, 0.29) is 29.0 Å². The number of sulfonamides is 2. The Morgan fingerprint density at radius 2 is 1.53 bits per heavy atom. The van der Waals surface area contributed by atoms with Crippen molar-refractivity contribution in [2.75, 3.05) is 32.8 Å². The number of benzene rings is 2. The Morgan fingerprint density at radius 3 is 2.11 bits per heavy atom. The lowest BCUT2D eigenvalue weighted by atomic mass is 10.2. The monoisotopic (exact) mass is 536 g/mol. The first kappa shape index (κ1) is 27.1. The third kappa shape index (κ3) is 6.47. The van der Waals surface area contributed by atoms with Crippen molar-refractivity contribution in [1.29, 1.82) is 0 Å². The molecular weight excluding hydrogens is 500 g/mol. The second-order valence-electron chi connectivity index (χ2n) is 9.30. The highest BCUT2D eigenvalue weighted by molar-refractivity contribution is 7.89. The molecule has 2 aromatic carbocycles. The highest BCUT2D eigenvalue weighted by Gasteiger charge is 2.31. The van der Waals surface area contributed by atoms with Crippen LogP contribution in [-0.4, -0.2) is 64.4 Å². The number of nitrogens with zero attached hydrogens (tertiary/aromatic N) is 2. The topological polar surface area (TPSA) is 93.2 Å². The minimum atomic E-state index is -3.89. The Kier molecular flexibility index (Phi) is 9.05. The highest BCUT2D eigenvalue weighted by Crippen LogP contribution is 2.26. The van der Waals surface area contributed by atoms with Gasteiger partial charge in [-0.25, -0.2) is 16.8 Å². The Bertz CT molecular complexity index is 1180. The van der Waals surface area contributed by atoms with E-state index in [0.29, 0.717) is 26.3 Å². The van der Waals surface area contributed by atoms with Gasteiger partial charge in [0.05, 0.1) is 22.5 Å². The van der Waals surface area contributed by atoms with Gasteiger partial charge in [-0.15, -0.1) is 0 Å². The van der Waals surface area contributed by atoms with Gasteiger partial charge in [0.15, 0.2) is 0 Å². The molecule has 2 heterocycles. The molecule has 0 bridgehead atoms. The van der Waals surface area contributed by atoms with Crippen LogP contribution in [0.3, 0.4) is 0 Å². The highest BCUT2D eigenvalue weighted by atomic mass is 32.2. The third-order valence-electron chi connectivity index (χ3n) is 6.69. The molecule has 8 nitrogen and oxygen atoms in total. The quantitative estimate of drug-likeness (QED) is 0.455. The molecule has 198 valence electrons. The first-order chi connectivity index (χ1) is 17.3. The molecule has 36 heavy (non-hydrogen) atoms. The van der Waals surface area contributed by atoms with Gasteiger partial charge in [-0.2, -0.15) is 8.61 Å². The Balaban J connectivity index is 1.56.